The normalized spacial score (nSPS) is 15.0. The van der Waals surface area contributed by atoms with Gasteiger partial charge in [0.2, 0.25) is 12.7 Å². The van der Waals surface area contributed by atoms with Crippen molar-refractivity contribution >= 4 is 18.3 Å². The number of benzene rings is 1. The second-order valence-corrected chi connectivity index (χ2v) is 5.52. The summed E-state index contributed by atoms with van der Waals surface area (Å²) in [6.07, 6.45) is 1.56. The minimum absolute atomic E-state index is 0. The highest BCUT2D eigenvalue weighted by Gasteiger charge is 2.30. The summed E-state index contributed by atoms with van der Waals surface area (Å²) in [5.74, 6) is 1.43. The molecule has 1 aliphatic rings. The Morgan fingerprint density at radius 3 is 2.71 bits per heavy atom. The highest BCUT2D eigenvalue weighted by Crippen LogP contribution is 2.32. The number of nitrogens with zero attached hydrogens (tertiary/aromatic N) is 1. The number of amides is 1. The SMILES string of the molecule is CCCC(C)(N)C(=O)N(C)Cc1ccc2c(c1)OCO2.Cl. The molecule has 1 aromatic carbocycles. The van der Waals surface area contributed by atoms with Gasteiger partial charge in [0.05, 0.1) is 5.54 Å². The summed E-state index contributed by atoms with van der Waals surface area (Å²) >= 11 is 0. The number of hydrogen-bond acceptors (Lipinski definition) is 4. The van der Waals surface area contributed by atoms with Gasteiger partial charge in [0.25, 0.3) is 0 Å². The second-order valence-electron chi connectivity index (χ2n) is 5.52. The third-order valence-corrected chi connectivity index (χ3v) is 3.46. The molecule has 5 nitrogen and oxygen atoms in total. The van der Waals surface area contributed by atoms with Crippen LogP contribution in [0, 0.1) is 0 Å². The van der Waals surface area contributed by atoms with Crippen LogP contribution in [0.5, 0.6) is 11.5 Å². The van der Waals surface area contributed by atoms with E-state index in [0.29, 0.717) is 13.0 Å². The van der Waals surface area contributed by atoms with Gasteiger partial charge in [0.15, 0.2) is 11.5 Å². The van der Waals surface area contributed by atoms with Crippen molar-refractivity contribution in [1.29, 1.82) is 0 Å². The zero-order valence-corrected chi connectivity index (χ0v) is 13.5. The van der Waals surface area contributed by atoms with E-state index in [9.17, 15) is 4.79 Å². The lowest BCUT2D eigenvalue weighted by atomic mass is 9.95. The first-order valence-corrected chi connectivity index (χ1v) is 6.87. The van der Waals surface area contributed by atoms with Gasteiger partial charge in [0, 0.05) is 13.6 Å². The molecule has 1 atom stereocenters. The lowest BCUT2D eigenvalue weighted by molar-refractivity contribution is -0.135. The summed E-state index contributed by atoms with van der Waals surface area (Å²) in [6.45, 7) is 4.57. The average Bonchev–Trinajstić information content (AvgIpc) is 2.85. The van der Waals surface area contributed by atoms with E-state index in [4.69, 9.17) is 15.2 Å². The molecule has 0 aliphatic carbocycles. The minimum atomic E-state index is -0.806. The minimum Gasteiger partial charge on any atom is -0.454 e. The molecule has 118 valence electrons. The summed E-state index contributed by atoms with van der Waals surface area (Å²) in [6, 6.07) is 5.70. The number of carbonyl (C=O) groups is 1. The van der Waals surface area contributed by atoms with Crippen molar-refractivity contribution in [2.24, 2.45) is 5.73 Å². The smallest absolute Gasteiger partial charge is 0.242 e. The van der Waals surface area contributed by atoms with Gasteiger partial charge in [-0.2, -0.15) is 0 Å². The molecule has 6 heteroatoms. The molecule has 1 amide bonds. The Labute approximate surface area is 131 Å². The van der Waals surface area contributed by atoms with Crippen molar-refractivity contribution in [2.45, 2.75) is 38.8 Å². The quantitative estimate of drug-likeness (QED) is 0.906. The number of halogens is 1. The Morgan fingerprint density at radius 1 is 1.38 bits per heavy atom. The van der Waals surface area contributed by atoms with Gasteiger partial charge in [-0.15, -0.1) is 12.4 Å². The summed E-state index contributed by atoms with van der Waals surface area (Å²) in [4.78, 5) is 14.0. The summed E-state index contributed by atoms with van der Waals surface area (Å²) < 4.78 is 10.6. The number of ether oxygens (including phenoxy) is 2. The van der Waals surface area contributed by atoms with Crippen LogP contribution >= 0.6 is 12.4 Å². The van der Waals surface area contributed by atoms with Crippen LogP contribution in [-0.4, -0.2) is 30.2 Å². The molecule has 2 rings (SSSR count). The molecule has 0 spiro atoms. The average molecular weight is 315 g/mol. The maximum Gasteiger partial charge on any atom is 0.242 e. The van der Waals surface area contributed by atoms with Gasteiger partial charge in [-0.3, -0.25) is 4.79 Å². The first-order valence-electron chi connectivity index (χ1n) is 6.87. The first kappa shape index (κ1) is 17.6. The third kappa shape index (κ3) is 4.02. The molecule has 1 aromatic rings. The van der Waals surface area contributed by atoms with E-state index >= 15 is 0 Å². The number of likely N-dealkylation sites (N-methyl/N-ethyl adjacent to an activating group) is 1. The van der Waals surface area contributed by atoms with Crippen LogP contribution in [0.15, 0.2) is 18.2 Å². The van der Waals surface area contributed by atoms with E-state index in [-0.39, 0.29) is 25.1 Å². The van der Waals surface area contributed by atoms with E-state index < -0.39 is 5.54 Å². The van der Waals surface area contributed by atoms with E-state index in [1.807, 2.05) is 25.1 Å². The van der Waals surface area contributed by atoms with E-state index in [1.54, 1.807) is 18.9 Å². The van der Waals surface area contributed by atoms with Crippen molar-refractivity contribution in [3.8, 4) is 11.5 Å². The third-order valence-electron chi connectivity index (χ3n) is 3.46. The monoisotopic (exact) mass is 314 g/mol. The zero-order chi connectivity index (χ0) is 14.8. The predicted octanol–water partition coefficient (Wildman–Crippen LogP) is 2.31. The van der Waals surface area contributed by atoms with Gasteiger partial charge in [0.1, 0.15) is 0 Å². The Hall–Kier alpha value is -1.46. The number of hydrogen-bond donors (Lipinski definition) is 1. The van der Waals surface area contributed by atoms with Crippen LogP contribution < -0.4 is 15.2 Å². The van der Waals surface area contributed by atoms with Gasteiger partial charge < -0.3 is 20.1 Å². The van der Waals surface area contributed by atoms with Crippen LogP contribution in [0.3, 0.4) is 0 Å². The summed E-state index contributed by atoms with van der Waals surface area (Å²) in [5, 5.41) is 0. The maximum absolute atomic E-state index is 12.3. The van der Waals surface area contributed by atoms with Gasteiger partial charge in [-0.1, -0.05) is 19.4 Å². The highest BCUT2D eigenvalue weighted by atomic mass is 35.5. The summed E-state index contributed by atoms with van der Waals surface area (Å²) in [5.41, 5.74) is 6.27. The lowest BCUT2D eigenvalue weighted by Gasteiger charge is -2.29. The van der Waals surface area contributed by atoms with Crippen LogP contribution in [-0.2, 0) is 11.3 Å². The molecular weight excluding hydrogens is 292 g/mol. The van der Waals surface area contributed by atoms with Crippen molar-refractivity contribution in [3.05, 3.63) is 23.8 Å². The van der Waals surface area contributed by atoms with E-state index in [1.165, 1.54) is 0 Å². The maximum atomic E-state index is 12.3. The molecule has 2 N–H and O–H groups in total. The van der Waals surface area contributed by atoms with Crippen LogP contribution in [0.1, 0.15) is 32.3 Å². The second kappa shape index (κ2) is 7.00. The fourth-order valence-electron chi connectivity index (χ4n) is 2.45. The van der Waals surface area contributed by atoms with Crippen molar-refractivity contribution in [3.63, 3.8) is 0 Å². The van der Waals surface area contributed by atoms with Gasteiger partial charge in [-0.25, -0.2) is 0 Å². The fourth-order valence-corrected chi connectivity index (χ4v) is 2.45. The number of fused-ring (bicyclic) bond motifs is 1. The van der Waals surface area contributed by atoms with E-state index in [2.05, 4.69) is 0 Å². The largest absolute Gasteiger partial charge is 0.454 e. The van der Waals surface area contributed by atoms with Crippen LogP contribution in [0.2, 0.25) is 0 Å². The Balaban J connectivity index is 0.00000220. The highest BCUT2D eigenvalue weighted by molar-refractivity contribution is 5.85. The number of carbonyl (C=O) groups excluding carboxylic acids is 1. The molecule has 1 aliphatic heterocycles. The standard InChI is InChI=1S/C15H22N2O3.ClH/c1-4-7-15(2,16)14(18)17(3)9-11-5-6-12-13(8-11)20-10-19-12;/h5-6,8H,4,7,9-10,16H2,1-3H3;1H. The molecular formula is C15H23ClN2O3. The van der Waals surface area contributed by atoms with Crippen LogP contribution in [0.4, 0.5) is 0 Å². The van der Waals surface area contributed by atoms with Crippen LogP contribution in [0.25, 0.3) is 0 Å². The van der Waals surface area contributed by atoms with Crippen molar-refractivity contribution in [2.75, 3.05) is 13.8 Å². The van der Waals surface area contributed by atoms with Gasteiger partial charge >= 0.3 is 0 Å². The van der Waals surface area contributed by atoms with Crippen molar-refractivity contribution < 1.29 is 14.3 Å². The molecule has 0 saturated heterocycles. The predicted molar refractivity (Wildman–Crippen MR) is 83.8 cm³/mol. The molecule has 21 heavy (non-hydrogen) atoms. The molecule has 0 saturated carbocycles. The Morgan fingerprint density at radius 2 is 2.05 bits per heavy atom. The molecule has 1 unspecified atom stereocenters. The Bertz CT molecular complexity index is 506. The molecule has 0 radical (unpaired) electrons. The zero-order valence-electron chi connectivity index (χ0n) is 12.7. The number of nitrogens with two attached hydrogens (primary N) is 1. The van der Waals surface area contributed by atoms with Crippen molar-refractivity contribution in [1.82, 2.24) is 4.90 Å². The summed E-state index contributed by atoms with van der Waals surface area (Å²) in [7, 11) is 1.77. The van der Waals surface area contributed by atoms with E-state index in [0.717, 1.165) is 23.5 Å². The topological polar surface area (TPSA) is 64.8 Å². The number of rotatable bonds is 5. The lowest BCUT2D eigenvalue weighted by Crippen LogP contribution is -2.51. The first-order chi connectivity index (χ1) is 9.44. The fraction of sp³-hybridized carbons (Fsp3) is 0.533. The molecule has 0 fully saturated rings. The molecule has 1 heterocycles. The van der Waals surface area contributed by atoms with Gasteiger partial charge in [-0.05, 0) is 31.0 Å². The molecule has 0 aromatic heterocycles. The Kier molecular flexibility index (Phi) is 5.87. The molecule has 0 bridgehead atoms.